The first-order chi connectivity index (χ1) is 18.4. The number of hydrogen-bond acceptors (Lipinski definition) is 5. The van der Waals surface area contributed by atoms with Crippen molar-refractivity contribution in [1.29, 1.82) is 0 Å². The molecule has 0 spiro atoms. The van der Waals surface area contributed by atoms with Gasteiger partial charge in [0, 0.05) is 59.3 Å². The number of aromatic amines is 1. The van der Waals surface area contributed by atoms with E-state index in [1.54, 1.807) is 0 Å². The van der Waals surface area contributed by atoms with Gasteiger partial charge in [-0.25, -0.2) is 9.37 Å². The molecule has 6 rings (SSSR count). The molecule has 8 heteroatoms. The number of hydrogen-bond donors (Lipinski definition) is 2. The van der Waals surface area contributed by atoms with Gasteiger partial charge in [0.1, 0.15) is 24.6 Å². The molecule has 4 aromatic rings. The number of para-hydroxylation sites is 1. The van der Waals surface area contributed by atoms with Crippen molar-refractivity contribution in [2.24, 2.45) is 5.92 Å². The molecule has 198 valence electrons. The van der Waals surface area contributed by atoms with Crippen LogP contribution in [0.4, 0.5) is 15.8 Å². The van der Waals surface area contributed by atoms with Gasteiger partial charge < -0.3 is 24.5 Å². The molecule has 38 heavy (non-hydrogen) atoms. The number of rotatable bonds is 8. The van der Waals surface area contributed by atoms with E-state index in [9.17, 15) is 4.57 Å². The Morgan fingerprint density at radius 1 is 1.13 bits per heavy atom. The number of ether oxygens (including phenoxy) is 1. The number of nitrogens with zero attached hydrogens (tertiary/aromatic N) is 2. The molecular formula is C30H34FN4O2P. The Hall–Kier alpha value is -3.15. The summed E-state index contributed by atoms with van der Waals surface area (Å²) in [6, 6.07) is 18.1. The molecule has 1 aliphatic heterocycles. The Kier molecular flexibility index (Phi) is 6.53. The third kappa shape index (κ3) is 4.42. The van der Waals surface area contributed by atoms with E-state index in [0.29, 0.717) is 46.7 Å². The van der Waals surface area contributed by atoms with Crippen LogP contribution >= 0.6 is 7.14 Å². The maximum atomic E-state index is 15.1. The van der Waals surface area contributed by atoms with Crippen LogP contribution in [-0.2, 0) is 4.57 Å². The fraction of sp³-hybridized carbons (Fsp3) is 0.367. The van der Waals surface area contributed by atoms with Gasteiger partial charge in [0.15, 0.2) is 5.82 Å². The molecule has 2 aromatic heterocycles. The molecule has 0 radical (unpaired) electrons. The van der Waals surface area contributed by atoms with Crippen LogP contribution in [0.5, 0.6) is 5.75 Å². The van der Waals surface area contributed by atoms with Crippen molar-refractivity contribution >= 4 is 34.9 Å². The van der Waals surface area contributed by atoms with Gasteiger partial charge in [-0.2, -0.15) is 0 Å². The third-order valence-corrected chi connectivity index (χ3v) is 11.8. The fourth-order valence-corrected chi connectivity index (χ4v) is 8.18. The van der Waals surface area contributed by atoms with E-state index in [1.807, 2.05) is 68.4 Å². The fourth-order valence-electron chi connectivity index (χ4n) is 6.13. The minimum Gasteiger partial charge on any atom is -0.490 e. The van der Waals surface area contributed by atoms with Crippen molar-refractivity contribution in [3.8, 4) is 17.0 Å². The third-order valence-electron chi connectivity index (χ3n) is 8.44. The van der Waals surface area contributed by atoms with E-state index in [1.165, 1.54) is 12.6 Å². The monoisotopic (exact) mass is 532 g/mol. The van der Waals surface area contributed by atoms with Crippen molar-refractivity contribution in [2.75, 3.05) is 31.2 Å². The zero-order chi connectivity index (χ0) is 26.4. The number of anilines is 2. The summed E-state index contributed by atoms with van der Waals surface area (Å²) in [6.07, 6.45) is 4.94. The van der Waals surface area contributed by atoms with Gasteiger partial charge in [0.05, 0.1) is 11.9 Å². The van der Waals surface area contributed by atoms with Gasteiger partial charge in [-0.1, -0.05) is 26.0 Å². The number of aromatic nitrogens is 2. The summed E-state index contributed by atoms with van der Waals surface area (Å²) in [5.74, 6) is 1.03. The van der Waals surface area contributed by atoms with Crippen molar-refractivity contribution in [2.45, 2.75) is 38.8 Å². The molecule has 1 saturated heterocycles. The lowest BCUT2D eigenvalue weighted by molar-refractivity contribution is 0.105. The topological polar surface area (TPSA) is 70.2 Å². The summed E-state index contributed by atoms with van der Waals surface area (Å²) in [5.41, 5.74) is 3.39. The van der Waals surface area contributed by atoms with E-state index in [4.69, 9.17) is 4.74 Å². The van der Waals surface area contributed by atoms with Crippen LogP contribution in [0, 0.1) is 11.7 Å². The Morgan fingerprint density at radius 2 is 1.89 bits per heavy atom. The predicted octanol–water partition coefficient (Wildman–Crippen LogP) is 6.61. The zero-order valence-corrected chi connectivity index (χ0v) is 23.0. The molecule has 3 atom stereocenters. The Labute approximate surface area is 223 Å². The molecule has 2 N–H and O–H groups in total. The van der Waals surface area contributed by atoms with Crippen molar-refractivity contribution in [1.82, 2.24) is 14.9 Å². The average Bonchev–Trinajstić information content (AvgIpc) is 3.65. The number of H-pyrrole nitrogens is 1. The molecule has 0 amide bonds. The van der Waals surface area contributed by atoms with Crippen molar-refractivity contribution in [3.63, 3.8) is 0 Å². The summed E-state index contributed by atoms with van der Waals surface area (Å²) in [6.45, 7) is 5.00. The summed E-state index contributed by atoms with van der Waals surface area (Å²) < 4.78 is 35.0. The van der Waals surface area contributed by atoms with Gasteiger partial charge in [-0.05, 0) is 61.5 Å². The van der Waals surface area contributed by atoms with E-state index in [-0.39, 0.29) is 6.10 Å². The van der Waals surface area contributed by atoms with Crippen LogP contribution in [0.2, 0.25) is 0 Å². The normalized spacial score (nSPS) is 21.3. The van der Waals surface area contributed by atoms with E-state index >= 15 is 4.39 Å². The van der Waals surface area contributed by atoms with Crippen molar-refractivity contribution < 1.29 is 13.7 Å². The number of pyridine rings is 1. The number of benzene rings is 2. The lowest BCUT2D eigenvalue weighted by Crippen LogP contribution is -2.37. The molecule has 6 nitrogen and oxygen atoms in total. The number of piperidine rings is 1. The molecule has 3 unspecified atom stereocenters. The molecule has 2 aromatic carbocycles. The van der Waals surface area contributed by atoms with Crippen molar-refractivity contribution in [3.05, 3.63) is 66.6 Å². The standard InChI is InChI=1S/C30H34FN4O2P/c1-4-38(36,5-2)28-9-7-6-8-25(28)33-29-23-16-26(34-30(23)32-17-24(29)31)19-10-12-22(13-11-19)37-27-15-21-14-20(27)18-35(21)3/h6-13,16-17,20-21,27H,4-5,14-15,18H2,1-3H3,(H2,32,33,34). The minimum absolute atomic E-state index is 0.287. The van der Waals surface area contributed by atoms with Gasteiger partial charge >= 0.3 is 0 Å². The largest absolute Gasteiger partial charge is 0.490 e. The SMILES string of the molecule is CCP(=O)(CC)c1ccccc1Nc1c(F)cnc2[nH]c(-c3ccc(OC4CC5CC4CN5C)cc3)cc12. The summed E-state index contributed by atoms with van der Waals surface area (Å²) in [5, 5.41) is 4.65. The Morgan fingerprint density at radius 3 is 2.58 bits per heavy atom. The number of nitrogens with one attached hydrogen (secondary N) is 2. The number of fused-ring (bicyclic) bond motifs is 3. The second-order valence-electron chi connectivity index (χ2n) is 10.6. The second kappa shape index (κ2) is 9.87. The molecule has 2 aliphatic rings. The van der Waals surface area contributed by atoms with E-state index in [2.05, 4.69) is 27.2 Å². The average molecular weight is 533 g/mol. The highest BCUT2D eigenvalue weighted by Crippen LogP contribution is 2.46. The lowest BCUT2D eigenvalue weighted by Gasteiger charge is -2.28. The van der Waals surface area contributed by atoms with Crippen LogP contribution in [0.25, 0.3) is 22.3 Å². The van der Waals surface area contributed by atoms with E-state index in [0.717, 1.165) is 35.3 Å². The first-order valence-corrected chi connectivity index (χ1v) is 15.6. The van der Waals surface area contributed by atoms with Gasteiger partial charge in [0.25, 0.3) is 0 Å². The molecule has 1 aliphatic carbocycles. The highest BCUT2D eigenvalue weighted by atomic mass is 31.2. The molecular weight excluding hydrogens is 498 g/mol. The van der Waals surface area contributed by atoms with Crippen LogP contribution in [-0.4, -0.2) is 52.9 Å². The summed E-state index contributed by atoms with van der Waals surface area (Å²) in [4.78, 5) is 10.1. The minimum atomic E-state index is -2.57. The quantitative estimate of drug-likeness (QED) is 0.250. The first kappa shape index (κ1) is 25.1. The maximum Gasteiger partial charge on any atom is 0.165 e. The van der Waals surface area contributed by atoms with Crippen LogP contribution in [0.3, 0.4) is 0 Å². The van der Waals surface area contributed by atoms with Crippen LogP contribution < -0.4 is 15.4 Å². The maximum absolute atomic E-state index is 15.1. The highest BCUT2D eigenvalue weighted by molar-refractivity contribution is 7.71. The van der Waals surface area contributed by atoms with Gasteiger partial charge in [0.2, 0.25) is 0 Å². The molecule has 1 saturated carbocycles. The zero-order valence-electron chi connectivity index (χ0n) is 22.1. The molecule has 2 bridgehead atoms. The number of halogens is 1. The first-order valence-electron chi connectivity index (χ1n) is 13.5. The summed E-state index contributed by atoms with van der Waals surface area (Å²) in [7, 11) is -0.372. The van der Waals surface area contributed by atoms with Crippen LogP contribution in [0.1, 0.15) is 26.7 Å². The predicted molar refractivity (Wildman–Crippen MR) is 153 cm³/mol. The Bertz CT molecular complexity index is 1510. The molecule has 2 fully saturated rings. The molecule has 3 heterocycles. The van der Waals surface area contributed by atoms with Crippen LogP contribution in [0.15, 0.2) is 60.8 Å². The number of likely N-dealkylation sites (tertiary alicyclic amines) is 1. The smallest absolute Gasteiger partial charge is 0.165 e. The van der Waals surface area contributed by atoms with Gasteiger partial charge in [-0.15, -0.1) is 0 Å². The summed E-state index contributed by atoms with van der Waals surface area (Å²) >= 11 is 0. The van der Waals surface area contributed by atoms with E-state index < -0.39 is 13.0 Å². The highest BCUT2D eigenvalue weighted by Gasteiger charge is 2.44. The Balaban J connectivity index is 1.27. The lowest BCUT2D eigenvalue weighted by atomic mass is 10.1. The second-order valence-corrected chi connectivity index (χ2v) is 14.1. The van der Waals surface area contributed by atoms with Gasteiger partial charge in [-0.3, -0.25) is 0 Å².